The van der Waals surface area contributed by atoms with E-state index in [-0.39, 0.29) is 28.7 Å². The van der Waals surface area contributed by atoms with Gasteiger partial charge in [-0.15, -0.1) is 0 Å². The summed E-state index contributed by atoms with van der Waals surface area (Å²) < 4.78 is 24.1. The predicted molar refractivity (Wildman–Crippen MR) is 130 cm³/mol. The van der Waals surface area contributed by atoms with Crippen LogP contribution in [0, 0.1) is 0 Å². The first-order valence-corrected chi connectivity index (χ1v) is 13.4. The summed E-state index contributed by atoms with van der Waals surface area (Å²) >= 11 is 0. The monoisotopic (exact) mass is 484 g/mol. The highest BCUT2D eigenvalue weighted by molar-refractivity contribution is 7.90. The molecular formula is C26H32N2O5S. The molecule has 2 aromatic rings. The fraction of sp³-hybridized carbons (Fsp3) is 0.423. The van der Waals surface area contributed by atoms with Gasteiger partial charge in [0, 0.05) is 32.8 Å². The zero-order valence-electron chi connectivity index (χ0n) is 20.0. The summed E-state index contributed by atoms with van der Waals surface area (Å²) in [6.45, 7) is 2.67. The van der Waals surface area contributed by atoms with Crippen molar-refractivity contribution >= 4 is 27.4 Å². The lowest BCUT2D eigenvalue weighted by atomic mass is 9.68. The number of sulfone groups is 1. The van der Waals surface area contributed by atoms with E-state index in [1.807, 2.05) is 37.3 Å². The Balaban J connectivity index is 1.71. The number of carbonyl (C=O) groups excluding carboxylic acids is 3. The number of amides is 2. The van der Waals surface area contributed by atoms with Crippen LogP contribution in [0.15, 0.2) is 59.5 Å². The van der Waals surface area contributed by atoms with Crippen LogP contribution in [0.4, 0.5) is 0 Å². The Morgan fingerprint density at radius 2 is 1.56 bits per heavy atom. The van der Waals surface area contributed by atoms with Crippen LogP contribution < -0.4 is 0 Å². The maximum Gasteiger partial charge on any atom is 0.255 e. The zero-order chi connectivity index (χ0) is 24.9. The van der Waals surface area contributed by atoms with Gasteiger partial charge in [-0.25, -0.2) is 8.42 Å². The fourth-order valence-electron chi connectivity index (χ4n) is 4.64. The third kappa shape index (κ3) is 5.38. The van der Waals surface area contributed by atoms with Gasteiger partial charge in [-0.05, 0) is 37.0 Å². The molecule has 1 aliphatic rings. The minimum absolute atomic E-state index is 0.0483. The zero-order valence-corrected chi connectivity index (χ0v) is 20.8. The van der Waals surface area contributed by atoms with E-state index in [2.05, 4.69) is 0 Å². The van der Waals surface area contributed by atoms with Crippen LogP contribution in [0.2, 0.25) is 0 Å². The molecule has 0 radical (unpaired) electrons. The van der Waals surface area contributed by atoms with Gasteiger partial charge in [-0.2, -0.15) is 0 Å². The smallest absolute Gasteiger partial charge is 0.255 e. The van der Waals surface area contributed by atoms with E-state index in [0.717, 1.165) is 18.2 Å². The Morgan fingerprint density at radius 3 is 2.15 bits per heavy atom. The molecule has 34 heavy (non-hydrogen) atoms. The fourth-order valence-corrected chi connectivity index (χ4v) is 5.52. The van der Waals surface area contributed by atoms with Crippen molar-refractivity contribution in [3.05, 3.63) is 65.7 Å². The summed E-state index contributed by atoms with van der Waals surface area (Å²) in [7, 11) is -2.10. The number of piperidine rings is 1. The third-order valence-corrected chi connectivity index (χ3v) is 7.70. The molecule has 0 unspecified atom stereocenters. The van der Waals surface area contributed by atoms with Crippen LogP contribution in [0.5, 0.6) is 0 Å². The maximum atomic E-state index is 13.1. The Labute approximate surface area is 201 Å². The summed E-state index contributed by atoms with van der Waals surface area (Å²) in [4.78, 5) is 41.9. The standard InChI is InChI=1S/C26H32N2O5S/c1-4-10-23(29)26(20-11-6-5-7-12-20)15-17-28(18-16-26)24(30)19-27(2)25(31)21-13-8-9-14-22(21)34(3,32)33/h5-9,11-14H,4,10,15-19H2,1-3H3. The normalized spacial score (nSPS) is 15.6. The van der Waals surface area contributed by atoms with E-state index < -0.39 is 21.2 Å². The minimum Gasteiger partial charge on any atom is -0.341 e. The lowest BCUT2D eigenvalue weighted by molar-refractivity contribution is -0.136. The molecule has 1 fully saturated rings. The topological polar surface area (TPSA) is 91.8 Å². The maximum absolute atomic E-state index is 13.1. The van der Waals surface area contributed by atoms with Gasteiger partial charge in [0.05, 0.1) is 22.4 Å². The molecule has 2 amide bonds. The summed E-state index contributed by atoms with van der Waals surface area (Å²) in [5, 5.41) is 0. The van der Waals surface area contributed by atoms with Crippen LogP contribution in [0.25, 0.3) is 0 Å². The summed E-state index contributed by atoms with van der Waals surface area (Å²) in [6, 6.07) is 15.8. The lowest BCUT2D eigenvalue weighted by Crippen LogP contribution is -2.51. The average molecular weight is 485 g/mol. The number of carbonyl (C=O) groups is 3. The molecule has 0 aliphatic carbocycles. The van der Waals surface area contributed by atoms with Crippen LogP contribution in [-0.2, 0) is 24.8 Å². The highest BCUT2D eigenvalue weighted by Gasteiger charge is 2.42. The van der Waals surface area contributed by atoms with Crippen molar-refractivity contribution in [1.29, 1.82) is 0 Å². The Hall–Kier alpha value is -3.00. The molecule has 2 aromatic carbocycles. The third-order valence-electron chi connectivity index (χ3n) is 6.54. The largest absolute Gasteiger partial charge is 0.341 e. The van der Waals surface area contributed by atoms with Crippen molar-refractivity contribution in [2.24, 2.45) is 0 Å². The first-order valence-electron chi connectivity index (χ1n) is 11.5. The van der Waals surface area contributed by atoms with Crippen LogP contribution in [0.3, 0.4) is 0 Å². The van der Waals surface area contributed by atoms with Gasteiger partial charge in [0.15, 0.2) is 9.84 Å². The Kier molecular flexibility index (Phi) is 7.92. The van der Waals surface area contributed by atoms with Gasteiger partial charge in [0.1, 0.15) is 5.78 Å². The summed E-state index contributed by atoms with van der Waals surface area (Å²) in [5.74, 6) is -0.543. The number of hydrogen-bond donors (Lipinski definition) is 0. The number of hydrogen-bond acceptors (Lipinski definition) is 5. The van der Waals surface area contributed by atoms with Crippen LogP contribution >= 0.6 is 0 Å². The van der Waals surface area contributed by atoms with Gasteiger partial charge in [-0.3, -0.25) is 14.4 Å². The van der Waals surface area contributed by atoms with Crippen molar-refractivity contribution in [2.75, 3.05) is 32.9 Å². The Morgan fingerprint density at radius 1 is 0.971 bits per heavy atom. The number of nitrogens with zero attached hydrogens (tertiary/aromatic N) is 2. The minimum atomic E-state index is -3.59. The molecule has 0 atom stereocenters. The van der Waals surface area contributed by atoms with E-state index in [4.69, 9.17) is 0 Å². The van der Waals surface area contributed by atoms with Gasteiger partial charge >= 0.3 is 0 Å². The molecule has 1 heterocycles. The highest BCUT2D eigenvalue weighted by Crippen LogP contribution is 2.37. The van der Waals surface area contributed by atoms with Crippen LogP contribution in [-0.4, -0.2) is 68.8 Å². The molecule has 7 nitrogen and oxygen atoms in total. The first-order chi connectivity index (χ1) is 16.1. The number of ketones is 1. The Bertz CT molecular complexity index is 1150. The van der Waals surface area contributed by atoms with Crippen molar-refractivity contribution in [3.63, 3.8) is 0 Å². The molecule has 0 aromatic heterocycles. The molecule has 0 N–H and O–H groups in total. The molecule has 3 rings (SSSR count). The van der Waals surface area contributed by atoms with Crippen LogP contribution in [0.1, 0.15) is 48.5 Å². The lowest BCUT2D eigenvalue weighted by Gasteiger charge is -2.41. The molecule has 182 valence electrons. The average Bonchev–Trinajstić information content (AvgIpc) is 2.83. The molecular weight excluding hydrogens is 452 g/mol. The SMILES string of the molecule is CCCC(=O)C1(c2ccccc2)CCN(C(=O)CN(C)C(=O)c2ccccc2S(C)(=O)=O)CC1. The number of likely N-dealkylation sites (tertiary alicyclic amines) is 1. The quantitative estimate of drug-likeness (QED) is 0.574. The summed E-state index contributed by atoms with van der Waals surface area (Å²) in [6.07, 6.45) is 3.40. The molecule has 1 aliphatic heterocycles. The second-order valence-corrected chi connectivity index (χ2v) is 10.9. The number of rotatable bonds is 8. The van der Waals surface area contributed by atoms with Crippen molar-refractivity contribution < 1.29 is 22.8 Å². The number of Topliss-reactive ketones (excluding diaryl/α,β-unsaturated/α-hetero) is 1. The van der Waals surface area contributed by atoms with Gasteiger partial charge < -0.3 is 9.80 Å². The molecule has 0 bridgehead atoms. The second-order valence-electron chi connectivity index (χ2n) is 8.93. The number of benzene rings is 2. The highest BCUT2D eigenvalue weighted by atomic mass is 32.2. The van der Waals surface area contributed by atoms with Gasteiger partial charge in [0.25, 0.3) is 5.91 Å². The second kappa shape index (κ2) is 10.5. The van der Waals surface area contributed by atoms with E-state index in [0.29, 0.717) is 32.4 Å². The van der Waals surface area contributed by atoms with Crippen molar-refractivity contribution in [3.8, 4) is 0 Å². The summed E-state index contributed by atoms with van der Waals surface area (Å²) in [5.41, 5.74) is 0.446. The molecule has 0 spiro atoms. The predicted octanol–water partition coefficient (Wildman–Crippen LogP) is 3.09. The molecule has 8 heteroatoms. The van der Waals surface area contributed by atoms with Crippen molar-refractivity contribution in [2.45, 2.75) is 42.9 Å². The number of likely N-dealkylation sites (N-methyl/N-ethyl adjacent to an activating group) is 1. The van der Waals surface area contributed by atoms with E-state index in [1.165, 1.54) is 24.1 Å². The van der Waals surface area contributed by atoms with E-state index >= 15 is 0 Å². The first kappa shape index (κ1) is 25.6. The van der Waals surface area contributed by atoms with E-state index in [1.54, 1.807) is 17.0 Å². The van der Waals surface area contributed by atoms with Gasteiger partial charge in [-0.1, -0.05) is 49.4 Å². The van der Waals surface area contributed by atoms with Gasteiger partial charge in [0.2, 0.25) is 5.91 Å². The van der Waals surface area contributed by atoms with E-state index in [9.17, 15) is 22.8 Å². The molecule has 0 saturated carbocycles. The van der Waals surface area contributed by atoms with Crippen molar-refractivity contribution in [1.82, 2.24) is 9.80 Å². The molecule has 1 saturated heterocycles.